The molecular weight excluding hydrogens is 244 g/mol. The average molecular weight is 266 g/mol. The van der Waals surface area contributed by atoms with Crippen molar-refractivity contribution in [2.24, 2.45) is 5.73 Å². The third-order valence-corrected chi connectivity index (χ3v) is 4.11. The largest absolute Gasteiger partial charge is 0.378 e. The molecule has 1 aromatic heterocycles. The molecule has 6 nitrogen and oxygen atoms in total. The van der Waals surface area contributed by atoms with E-state index in [1.54, 1.807) is 0 Å². The van der Waals surface area contributed by atoms with Crippen LogP contribution < -0.4 is 10.6 Å². The minimum absolute atomic E-state index is 0.153. The van der Waals surface area contributed by atoms with E-state index in [1.165, 1.54) is 19.3 Å². The Bertz CT molecular complexity index is 403. The first-order valence-corrected chi connectivity index (χ1v) is 7.26. The number of anilines is 1. The lowest BCUT2D eigenvalue weighted by Crippen LogP contribution is -2.37. The van der Waals surface area contributed by atoms with E-state index in [9.17, 15) is 0 Å². The third-order valence-electron chi connectivity index (χ3n) is 4.11. The van der Waals surface area contributed by atoms with Crippen LogP contribution in [0.25, 0.3) is 0 Å². The Hall–Kier alpha value is -1.14. The highest BCUT2D eigenvalue weighted by Gasteiger charge is 2.28. The summed E-state index contributed by atoms with van der Waals surface area (Å²) in [4.78, 5) is 6.67. The van der Waals surface area contributed by atoms with Gasteiger partial charge in [-0.05, 0) is 18.0 Å². The SMILES string of the molecule is NC1CCCCCC1c1nc(N2CCOCC2)no1. The molecule has 2 heterocycles. The lowest BCUT2D eigenvalue weighted by Gasteiger charge is -2.24. The molecule has 106 valence electrons. The van der Waals surface area contributed by atoms with E-state index >= 15 is 0 Å². The molecule has 0 bridgehead atoms. The summed E-state index contributed by atoms with van der Waals surface area (Å²) in [7, 11) is 0. The van der Waals surface area contributed by atoms with E-state index in [1.807, 2.05) is 0 Å². The van der Waals surface area contributed by atoms with Crippen molar-refractivity contribution in [3.63, 3.8) is 0 Å². The van der Waals surface area contributed by atoms with Gasteiger partial charge >= 0.3 is 0 Å². The zero-order valence-corrected chi connectivity index (χ0v) is 11.3. The highest BCUT2D eigenvalue weighted by Crippen LogP contribution is 2.30. The number of nitrogens with zero attached hydrogens (tertiary/aromatic N) is 3. The van der Waals surface area contributed by atoms with Crippen LogP contribution in [0.15, 0.2) is 4.52 Å². The molecule has 2 unspecified atom stereocenters. The Morgan fingerprint density at radius 1 is 1.11 bits per heavy atom. The van der Waals surface area contributed by atoms with Crippen molar-refractivity contribution in [2.75, 3.05) is 31.2 Å². The van der Waals surface area contributed by atoms with Gasteiger partial charge in [-0.25, -0.2) is 0 Å². The molecule has 0 radical (unpaired) electrons. The molecule has 0 amide bonds. The van der Waals surface area contributed by atoms with Gasteiger partial charge in [0.2, 0.25) is 5.89 Å². The lowest BCUT2D eigenvalue weighted by molar-refractivity contribution is 0.121. The molecule has 2 atom stereocenters. The molecule has 0 spiro atoms. The van der Waals surface area contributed by atoms with Gasteiger partial charge in [0, 0.05) is 19.1 Å². The summed E-state index contributed by atoms with van der Waals surface area (Å²) in [6.07, 6.45) is 5.79. The van der Waals surface area contributed by atoms with Crippen molar-refractivity contribution < 1.29 is 9.26 Å². The second kappa shape index (κ2) is 5.88. The van der Waals surface area contributed by atoms with Crippen molar-refractivity contribution in [2.45, 2.75) is 44.1 Å². The van der Waals surface area contributed by atoms with Crippen LogP contribution in [-0.2, 0) is 4.74 Å². The maximum Gasteiger partial charge on any atom is 0.266 e. The first-order chi connectivity index (χ1) is 9.34. The predicted molar refractivity (Wildman–Crippen MR) is 71.1 cm³/mol. The van der Waals surface area contributed by atoms with Crippen LogP contribution in [0.2, 0.25) is 0 Å². The molecule has 2 fully saturated rings. The molecule has 1 saturated carbocycles. The second-order valence-corrected chi connectivity index (χ2v) is 5.44. The van der Waals surface area contributed by atoms with E-state index < -0.39 is 0 Å². The first kappa shape index (κ1) is 12.9. The quantitative estimate of drug-likeness (QED) is 0.813. The van der Waals surface area contributed by atoms with Gasteiger partial charge in [-0.2, -0.15) is 4.98 Å². The fourth-order valence-corrected chi connectivity index (χ4v) is 2.91. The van der Waals surface area contributed by atoms with Gasteiger partial charge in [-0.1, -0.05) is 19.3 Å². The predicted octanol–water partition coefficient (Wildman–Crippen LogP) is 1.28. The number of nitrogens with two attached hydrogens (primary N) is 1. The van der Waals surface area contributed by atoms with Crippen molar-refractivity contribution in [3.8, 4) is 0 Å². The van der Waals surface area contributed by atoms with Crippen LogP contribution >= 0.6 is 0 Å². The standard InChI is InChI=1S/C13H22N4O2/c14-11-5-3-1-2-4-10(11)12-15-13(16-19-12)17-6-8-18-9-7-17/h10-11H,1-9,14H2. The van der Waals surface area contributed by atoms with Gasteiger partial charge in [0.1, 0.15) is 0 Å². The van der Waals surface area contributed by atoms with Gasteiger partial charge in [0.05, 0.1) is 19.1 Å². The average Bonchev–Trinajstić information content (AvgIpc) is 2.83. The fourth-order valence-electron chi connectivity index (χ4n) is 2.91. The van der Waals surface area contributed by atoms with E-state index in [0.717, 1.165) is 45.0 Å². The first-order valence-electron chi connectivity index (χ1n) is 7.26. The number of rotatable bonds is 2. The van der Waals surface area contributed by atoms with E-state index in [2.05, 4.69) is 15.0 Å². The number of hydrogen-bond donors (Lipinski definition) is 1. The maximum absolute atomic E-state index is 6.24. The Morgan fingerprint density at radius 2 is 1.89 bits per heavy atom. The van der Waals surface area contributed by atoms with E-state index in [-0.39, 0.29) is 12.0 Å². The Balaban J connectivity index is 1.72. The summed E-state index contributed by atoms with van der Waals surface area (Å²) in [5, 5.41) is 4.11. The van der Waals surface area contributed by atoms with Crippen molar-refractivity contribution in [1.82, 2.24) is 10.1 Å². The lowest BCUT2D eigenvalue weighted by atomic mass is 9.95. The van der Waals surface area contributed by atoms with Crippen molar-refractivity contribution in [3.05, 3.63) is 5.89 Å². The highest BCUT2D eigenvalue weighted by molar-refractivity contribution is 5.28. The van der Waals surface area contributed by atoms with Crippen LogP contribution in [0.5, 0.6) is 0 Å². The van der Waals surface area contributed by atoms with E-state index in [0.29, 0.717) is 5.95 Å². The third kappa shape index (κ3) is 2.90. The van der Waals surface area contributed by atoms with Crippen molar-refractivity contribution in [1.29, 1.82) is 0 Å². The minimum atomic E-state index is 0.153. The van der Waals surface area contributed by atoms with Gasteiger partial charge in [-0.3, -0.25) is 0 Å². The molecule has 1 aliphatic heterocycles. The zero-order chi connectivity index (χ0) is 13.1. The van der Waals surface area contributed by atoms with Crippen LogP contribution in [0.3, 0.4) is 0 Å². The smallest absolute Gasteiger partial charge is 0.266 e. The Morgan fingerprint density at radius 3 is 2.74 bits per heavy atom. The Kier molecular flexibility index (Phi) is 3.98. The monoisotopic (exact) mass is 266 g/mol. The Labute approximate surface area is 113 Å². The maximum atomic E-state index is 6.24. The molecule has 6 heteroatoms. The van der Waals surface area contributed by atoms with Crippen molar-refractivity contribution >= 4 is 5.95 Å². The van der Waals surface area contributed by atoms with E-state index in [4.69, 9.17) is 15.0 Å². The van der Waals surface area contributed by atoms with Crippen LogP contribution in [0.1, 0.15) is 43.9 Å². The van der Waals surface area contributed by atoms with Crippen LogP contribution in [0, 0.1) is 0 Å². The molecule has 2 aliphatic rings. The summed E-state index contributed by atoms with van der Waals surface area (Å²) in [5.41, 5.74) is 6.24. The fraction of sp³-hybridized carbons (Fsp3) is 0.846. The number of aromatic nitrogens is 2. The summed E-state index contributed by atoms with van der Waals surface area (Å²) >= 11 is 0. The molecule has 0 aromatic carbocycles. The van der Waals surface area contributed by atoms with Gasteiger partial charge in [0.25, 0.3) is 5.95 Å². The summed E-state index contributed by atoms with van der Waals surface area (Å²) < 4.78 is 10.8. The molecule has 2 N–H and O–H groups in total. The summed E-state index contributed by atoms with van der Waals surface area (Å²) in [6.45, 7) is 3.12. The topological polar surface area (TPSA) is 77.4 Å². The van der Waals surface area contributed by atoms with Gasteiger partial charge in [-0.15, -0.1) is 0 Å². The summed E-state index contributed by atoms with van der Waals surface area (Å²) in [6, 6.07) is 0.153. The molecular formula is C13H22N4O2. The minimum Gasteiger partial charge on any atom is -0.378 e. The van der Waals surface area contributed by atoms with Gasteiger partial charge in [0.15, 0.2) is 0 Å². The number of ether oxygens (including phenoxy) is 1. The van der Waals surface area contributed by atoms with Gasteiger partial charge < -0.3 is 19.9 Å². The normalized spacial score (nSPS) is 29.2. The molecule has 1 saturated heterocycles. The second-order valence-electron chi connectivity index (χ2n) is 5.44. The van der Waals surface area contributed by atoms with Crippen LogP contribution in [0.4, 0.5) is 5.95 Å². The molecule has 1 aliphatic carbocycles. The number of hydrogen-bond acceptors (Lipinski definition) is 6. The molecule has 3 rings (SSSR count). The molecule has 19 heavy (non-hydrogen) atoms. The zero-order valence-electron chi connectivity index (χ0n) is 11.3. The van der Waals surface area contributed by atoms with Crippen LogP contribution in [-0.4, -0.2) is 42.5 Å². The molecule has 1 aromatic rings. The summed E-state index contributed by atoms with van der Waals surface area (Å²) in [5.74, 6) is 1.63. The highest BCUT2D eigenvalue weighted by atomic mass is 16.5. The number of morpholine rings is 1.